The number of hydrogen-bond donors (Lipinski definition) is 3. The van der Waals surface area contributed by atoms with E-state index in [4.69, 9.17) is 0 Å². The molecule has 3 amide bonds. The summed E-state index contributed by atoms with van der Waals surface area (Å²) in [6, 6.07) is 14.5. The van der Waals surface area contributed by atoms with Crippen molar-refractivity contribution in [3.05, 3.63) is 59.7 Å². The van der Waals surface area contributed by atoms with E-state index in [9.17, 15) is 14.4 Å². The van der Waals surface area contributed by atoms with Crippen molar-refractivity contribution >= 4 is 29.1 Å². The fourth-order valence-corrected chi connectivity index (χ4v) is 2.77. The Balaban J connectivity index is 1.80. The summed E-state index contributed by atoms with van der Waals surface area (Å²) in [7, 11) is 3.50. The van der Waals surface area contributed by atoms with Crippen molar-refractivity contribution in [2.24, 2.45) is 0 Å². The first-order chi connectivity index (χ1) is 14.5. The van der Waals surface area contributed by atoms with Gasteiger partial charge in [0.1, 0.15) is 0 Å². The highest BCUT2D eigenvalue weighted by Crippen LogP contribution is 2.13. The Morgan fingerprint density at radius 1 is 0.871 bits per heavy atom. The Labute approximate surface area is 184 Å². The molecule has 0 atom stereocenters. The molecular weight excluding hydrogens is 392 g/mol. The van der Waals surface area contributed by atoms with Gasteiger partial charge in [0, 0.05) is 43.0 Å². The van der Waals surface area contributed by atoms with Gasteiger partial charge in [-0.25, -0.2) is 0 Å². The zero-order valence-electron chi connectivity index (χ0n) is 18.9. The van der Waals surface area contributed by atoms with Gasteiger partial charge in [0.2, 0.25) is 11.8 Å². The zero-order valence-corrected chi connectivity index (χ0v) is 18.9. The Morgan fingerprint density at radius 3 is 2.00 bits per heavy atom. The molecule has 0 unspecified atom stereocenters. The van der Waals surface area contributed by atoms with Crippen LogP contribution in [0, 0.1) is 0 Å². The van der Waals surface area contributed by atoms with Crippen molar-refractivity contribution in [3.63, 3.8) is 0 Å². The van der Waals surface area contributed by atoms with Gasteiger partial charge in [-0.2, -0.15) is 0 Å². The monoisotopic (exact) mass is 424 g/mol. The van der Waals surface area contributed by atoms with Crippen LogP contribution in [-0.4, -0.2) is 48.8 Å². The van der Waals surface area contributed by atoms with Gasteiger partial charge < -0.3 is 20.9 Å². The third-order valence-electron chi connectivity index (χ3n) is 4.45. The first-order valence-electron chi connectivity index (χ1n) is 10.3. The molecule has 0 aliphatic heterocycles. The van der Waals surface area contributed by atoms with Gasteiger partial charge in [-0.05, 0) is 69.2 Å². The molecule has 0 saturated heterocycles. The predicted octanol–water partition coefficient (Wildman–Crippen LogP) is 3.29. The summed E-state index contributed by atoms with van der Waals surface area (Å²) in [6.07, 6.45) is 1.15. The van der Waals surface area contributed by atoms with Gasteiger partial charge in [0.15, 0.2) is 0 Å². The average molecular weight is 425 g/mol. The van der Waals surface area contributed by atoms with E-state index >= 15 is 0 Å². The smallest absolute Gasteiger partial charge is 0.251 e. The van der Waals surface area contributed by atoms with Gasteiger partial charge in [0.25, 0.3) is 5.91 Å². The Kier molecular flexibility index (Phi) is 8.19. The Morgan fingerprint density at radius 2 is 1.45 bits per heavy atom. The number of amides is 3. The fourth-order valence-electron chi connectivity index (χ4n) is 2.77. The van der Waals surface area contributed by atoms with Crippen molar-refractivity contribution in [2.45, 2.75) is 39.2 Å². The summed E-state index contributed by atoms with van der Waals surface area (Å²) in [6.45, 7) is 5.88. The maximum absolute atomic E-state index is 12.2. The summed E-state index contributed by atoms with van der Waals surface area (Å²) in [5, 5.41) is 8.79. The number of rotatable bonds is 8. The molecule has 0 aliphatic carbocycles. The lowest BCUT2D eigenvalue weighted by Gasteiger charge is -2.20. The number of anilines is 2. The largest absolute Gasteiger partial charge is 0.376 e. The molecule has 7 heteroatoms. The molecule has 0 aromatic heterocycles. The van der Waals surface area contributed by atoms with Gasteiger partial charge in [-0.15, -0.1) is 0 Å². The summed E-state index contributed by atoms with van der Waals surface area (Å²) in [5.41, 5.74) is 2.75. The number of benzene rings is 2. The van der Waals surface area contributed by atoms with Crippen molar-refractivity contribution in [1.29, 1.82) is 0 Å². The minimum absolute atomic E-state index is 0.0988. The van der Waals surface area contributed by atoms with Crippen molar-refractivity contribution < 1.29 is 14.4 Å². The molecule has 2 rings (SSSR count). The highest BCUT2D eigenvalue weighted by atomic mass is 16.2. The molecule has 166 valence electrons. The van der Waals surface area contributed by atoms with E-state index in [1.54, 1.807) is 43.3 Å². The zero-order chi connectivity index (χ0) is 23.0. The lowest BCUT2D eigenvalue weighted by molar-refractivity contribution is -0.128. The third kappa shape index (κ3) is 8.50. The third-order valence-corrected chi connectivity index (χ3v) is 4.45. The maximum Gasteiger partial charge on any atom is 0.251 e. The second-order valence-electron chi connectivity index (χ2n) is 8.67. The van der Waals surface area contributed by atoms with Crippen LogP contribution < -0.4 is 16.0 Å². The van der Waals surface area contributed by atoms with Crippen LogP contribution in [0.2, 0.25) is 0 Å². The van der Waals surface area contributed by atoms with E-state index < -0.39 is 0 Å². The number of aryl methyl sites for hydroxylation is 1. The first-order valence-corrected chi connectivity index (χ1v) is 10.3. The van der Waals surface area contributed by atoms with Gasteiger partial charge in [-0.3, -0.25) is 14.4 Å². The molecule has 2 aromatic carbocycles. The molecule has 0 saturated carbocycles. The van der Waals surface area contributed by atoms with Crippen molar-refractivity contribution in [3.8, 4) is 0 Å². The van der Waals surface area contributed by atoms with Crippen molar-refractivity contribution in [1.82, 2.24) is 10.2 Å². The molecule has 0 bridgehead atoms. The van der Waals surface area contributed by atoms with Crippen LogP contribution in [-0.2, 0) is 16.0 Å². The number of hydrogen-bond acceptors (Lipinski definition) is 4. The van der Waals surface area contributed by atoms with Crippen LogP contribution in [0.25, 0.3) is 0 Å². The summed E-state index contributed by atoms with van der Waals surface area (Å²) >= 11 is 0. The minimum Gasteiger partial charge on any atom is -0.376 e. The minimum atomic E-state index is -0.308. The molecule has 0 fully saturated rings. The van der Waals surface area contributed by atoms with E-state index in [0.29, 0.717) is 24.1 Å². The van der Waals surface area contributed by atoms with E-state index in [2.05, 4.69) is 16.0 Å². The molecule has 0 heterocycles. The molecule has 3 N–H and O–H groups in total. The highest BCUT2D eigenvalue weighted by Gasteiger charge is 2.15. The number of nitrogens with one attached hydrogen (secondary N) is 3. The van der Waals surface area contributed by atoms with E-state index in [1.807, 2.05) is 45.0 Å². The lowest BCUT2D eigenvalue weighted by atomic mass is 10.1. The SMILES string of the molecule is CN(C)C(=O)CCc1ccc(NCC(=O)Nc2ccc(C(=O)NC(C)(C)C)cc2)cc1. The van der Waals surface area contributed by atoms with Crippen LogP contribution >= 0.6 is 0 Å². The number of nitrogens with zero attached hydrogens (tertiary/aromatic N) is 1. The lowest BCUT2D eigenvalue weighted by Crippen LogP contribution is -2.40. The van der Waals surface area contributed by atoms with Gasteiger partial charge >= 0.3 is 0 Å². The van der Waals surface area contributed by atoms with E-state index in [1.165, 1.54) is 0 Å². The first kappa shape index (κ1) is 23.9. The quantitative estimate of drug-likeness (QED) is 0.607. The van der Waals surface area contributed by atoms with Crippen LogP contribution in [0.1, 0.15) is 43.1 Å². The number of carbonyl (C=O) groups is 3. The van der Waals surface area contributed by atoms with Crippen LogP contribution in [0.3, 0.4) is 0 Å². The second-order valence-corrected chi connectivity index (χ2v) is 8.67. The Hall–Kier alpha value is -3.35. The topological polar surface area (TPSA) is 90.5 Å². The fraction of sp³-hybridized carbons (Fsp3) is 0.375. The summed E-state index contributed by atoms with van der Waals surface area (Å²) < 4.78 is 0. The molecule has 0 aliphatic rings. The molecule has 7 nitrogen and oxygen atoms in total. The summed E-state index contributed by atoms with van der Waals surface area (Å²) in [5.74, 6) is -0.240. The Bertz CT molecular complexity index is 898. The molecular formula is C24H32N4O3. The average Bonchev–Trinajstić information content (AvgIpc) is 2.70. The highest BCUT2D eigenvalue weighted by molar-refractivity contribution is 5.97. The van der Waals surface area contributed by atoms with E-state index in [0.717, 1.165) is 11.3 Å². The van der Waals surface area contributed by atoms with Gasteiger partial charge in [-0.1, -0.05) is 12.1 Å². The molecule has 2 aromatic rings. The number of carbonyl (C=O) groups excluding carboxylic acids is 3. The normalized spacial score (nSPS) is 10.9. The van der Waals surface area contributed by atoms with Gasteiger partial charge in [0.05, 0.1) is 6.54 Å². The maximum atomic E-state index is 12.2. The van der Waals surface area contributed by atoms with Crippen LogP contribution in [0.15, 0.2) is 48.5 Å². The molecule has 31 heavy (non-hydrogen) atoms. The van der Waals surface area contributed by atoms with Crippen LogP contribution in [0.4, 0.5) is 11.4 Å². The molecule has 0 spiro atoms. The predicted molar refractivity (Wildman–Crippen MR) is 124 cm³/mol. The standard InChI is InChI=1S/C24H32N4O3/c1-24(2,3)27-23(31)18-9-13-20(14-10-18)26-21(29)16-25-19-11-6-17(7-12-19)8-15-22(30)28(4)5/h6-7,9-14,25H,8,15-16H2,1-5H3,(H,26,29)(H,27,31). The molecule has 0 radical (unpaired) electrons. The van der Waals surface area contributed by atoms with Crippen molar-refractivity contribution in [2.75, 3.05) is 31.3 Å². The second kappa shape index (κ2) is 10.6. The summed E-state index contributed by atoms with van der Waals surface area (Å²) in [4.78, 5) is 37.6. The van der Waals surface area contributed by atoms with E-state index in [-0.39, 0.29) is 29.8 Å². The van der Waals surface area contributed by atoms with Crippen LogP contribution in [0.5, 0.6) is 0 Å².